The summed E-state index contributed by atoms with van der Waals surface area (Å²) in [4.78, 5) is 26.4. The van der Waals surface area contributed by atoms with Crippen LogP contribution in [0.4, 0.5) is 0 Å². The van der Waals surface area contributed by atoms with Crippen molar-refractivity contribution in [3.63, 3.8) is 0 Å². The van der Waals surface area contributed by atoms with Crippen molar-refractivity contribution in [2.24, 2.45) is 11.8 Å². The number of piperidine rings is 1. The summed E-state index contributed by atoms with van der Waals surface area (Å²) in [6, 6.07) is 3.56. The highest BCUT2D eigenvalue weighted by molar-refractivity contribution is 5.78. The van der Waals surface area contributed by atoms with Crippen LogP contribution in [-0.2, 0) is 16.1 Å². The lowest BCUT2D eigenvalue weighted by molar-refractivity contribution is -0.125. The number of rotatable bonds is 10. The summed E-state index contributed by atoms with van der Waals surface area (Å²) in [6.45, 7) is 6.82. The van der Waals surface area contributed by atoms with Crippen LogP contribution < -0.4 is 24.8 Å². The lowest BCUT2D eigenvalue weighted by atomic mass is 9.97. The number of ether oxygens (including phenoxy) is 3. The number of nitrogens with one attached hydrogen (secondary N) is 2. The van der Waals surface area contributed by atoms with Gasteiger partial charge < -0.3 is 24.8 Å². The largest absolute Gasteiger partial charge is 0.496 e. The summed E-state index contributed by atoms with van der Waals surface area (Å²) in [7, 11) is 4.72. The van der Waals surface area contributed by atoms with Crippen molar-refractivity contribution in [1.29, 1.82) is 0 Å². The molecule has 0 aromatic heterocycles. The van der Waals surface area contributed by atoms with Crippen LogP contribution in [-0.4, -0.2) is 64.2 Å². The molecule has 1 aromatic carbocycles. The molecule has 30 heavy (non-hydrogen) atoms. The molecule has 1 aliphatic rings. The second-order valence-electron chi connectivity index (χ2n) is 7.94. The molecule has 2 amide bonds. The van der Waals surface area contributed by atoms with E-state index >= 15 is 0 Å². The molecular formula is C22H35N3O5. The predicted molar refractivity (Wildman–Crippen MR) is 115 cm³/mol. The molecule has 1 saturated heterocycles. The van der Waals surface area contributed by atoms with Crippen molar-refractivity contribution in [3.05, 3.63) is 17.7 Å². The fourth-order valence-corrected chi connectivity index (χ4v) is 3.59. The summed E-state index contributed by atoms with van der Waals surface area (Å²) in [5.74, 6) is 2.20. The van der Waals surface area contributed by atoms with Gasteiger partial charge in [0.25, 0.3) is 0 Å². The van der Waals surface area contributed by atoms with Crippen LogP contribution in [0.2, 0.25) is 0 Å². The molecule has 8 heteroatoms. The van der Waals surface area contributed by atoms with Crippen LogP contribution in [0, 0.1) is 11.8 Å². The molecule has 1 aromatic rings. The Balaban J connectivity index is 1.86. The first-order valence-electron chi connectivity index (χ1n) is 10.4. The van der Waals surface area contributed by atoms with Gasteiger partial charge in [0.2, 0.25) is 11.8 Å². The molecule has 0 aliphatic carbocycles. The Hall–Kier alpha value is -2.48. The maximum atomic E-state index is 12.5. The summed E-state index contributed by atoms with van der Waals surface area (Å²) < 4.78 is 16.0. The van der Waals surface area contributed by atoms with E-state index in [1.54, 1.807) is 27.4 Å². The third kappa shape index (κ3) is 6.79. The number of methoxy groups -OCH3 is 3. The van der Waals surface area contributed by atoms with E-state index < -0.39 is 0 Å². The number of carbonyl (C=O) groups is 2. The maximum absolute atomic E-state index is 12.5. The Morgan fingerprint density at radius 3 is 2.37 bits per heavy atom. The number of hydrogen-bond donors (Lipinski definition) is 2. The minimum absolute atomic E-state index is 0.0101. The molecule has 8 nitrogen and oxygen atoms in total. The second kappa shape index (κ2) is 11.6. The molecule has 0 radical (unpaired) electrons. The number of hydrogen-bond acceptors (Lipinski definition) is 6. The number of nitrogens with zero attached hydrogens (tertiary/aromatic N) is 1. The summed E-state index contributed by atoms with van der Waals surface area (Å²) in [6.07, 6.45) is 2.10. The van der Waals surface area contributed by atoms with Crippen LogP contribution in [0.15, 0.2) is 12.1 Å². The van der Waals surface area contributed by atoms with Gasteiger partial charge in [-0.25, -0.2) is 0 Å². The summed E-state index contributed by atoms with van der Waals surface area (Å²) in [5, 5.41) is 5.97. The molecule has 0 saturated carbocycles. The zero-order valence-electron chi connectivity index (χ0n) is 18.7. The molecule has 0 bridgehead atoms. The summed E-state index contributed by atoms with van der Waals surface area (Å²) >= 11 is 0. The maximum Gasteiger partial charge on any atom is 0.234 e. The van der Waals surface area contributed by atoms with Gasteiger partial charge in [0.05, 0.1) is 27.9 Å². The van der Waals surface area contributed by atoms with Gasteiger partial charge in [0, 0.05) is 37.2 Å². The average molecular weight is 422 g/mol. The average Bonchev–Trinajstić information content (AvgIpc) is 2.75. The highest BCUT2D eigenvalue weighted by Crippen LogP contribution is 2.34. The van der Waals surface area contributed by atoms with Crippen molar-refractivity contribution in [2.75, 3.05) is 47.5 Å². The fraction of sp³-hybridized carbons (Fsp3) is 0.636. The lowest BCUT2D eigenvalue weighted by Crippen LogP contribution is -2.45. The standard InChI is InChI=1S/C22H35N3O5/c1-15(2)22(27)24-11-16-7-6-8-25(13-16)14-21(26)23-12-17-9-19(29-4)20(30-5)10-18(17)28-3/h9-10,15-16H,6-8,11-14H2,1-5H3,(H,23,26)(H,24,27). The van der Waals surface area contributed by atoms with E-state index in [9.17, 15) is 9.59 Å². The quantitative estimate of drug-likeness (QED) is 0.599. The van der Waals surface area contributed by atoms with Gasteiger partial charge in [0.15, 0.2) is 11.5 Å². The Bertz CT molecular complexity index is 723. The van der Waals surface area contributed by atoms with Crippen LogP contribution in [0.5, 0.6) is 17.2 Å². The number of likely N-dealkylation sites (tertiary alicyclic amines) is 1. The van der Waals surface area contributed by atoms with Gasteiger partial charge in [-0.3, -0.25) is 14.5 Å². The second-order valence-corrected chi connectivity index (χ2v) is 7.94. The Labute approximate surface area is 179 Å². The van der Waals surface area contributed by atoms with Gasteiger partial charge in [0.1, 0.15) is 5.75 Å². The number of benzene rings is 1. The smallest absolute Gasteiger partial charge is 0.234 e. The van der Waals surface area contributed by atoms with Gasteiger partial charge >= 0.3 is 0 Å². The first-order valence-corrected chi connectivity index (χ1v) is 10.4. The normalized spacial score (nSPS) is 16.8. The van der Waals surface area contributed by atoms with Crippen molar-refractivity contribution < 1.29 is 23.8 Å². The van der Waals surface area contributed by atoms with Crippen LogP contribution in [0.1, 0.15) is 32.3 Å². The Morgan fingerprint density at radius 2 is 1.73 bits per heavy atom. The van der Waals surface area contributed by atoms with Crippen molar-refractivity contribution >= 4 is 11.8 Å². The Morgan fingerprint density at radius 1 is 1.07 bits per heavy atom. The molecule has 1 fully saturated rings. The molecule has 1 heterocycles. The van der Waals surface area contributed by atoms with Gasteiger partial charge in [-0.05, 0) is 31.4 Å². The molecule has 1 aliphatic heterocycles. The monoisotopic (exact) mass is 421 g/mol. The Kier molecular flexibility index (Phi) is 9.23. The highest BCUT2D eigenvalue weighted by atomic mass is 16.5. The zero-order chi connectivity index (χ0) is 22.1. The number of carbonyl (C=O) groups excluding carboxylic acids is 2. The van der Waals surface area contributed by atoms with Gasteiger partial charge in [-0.15, -0.1) is 0 Å². The van der Waals surface area contributed by atoms with Crippen LogP contribution in [0.25, 0.3) is 0 Å². The van der Waals surface area contributed by atoms with Crippen LogP contribution in [0.3, 0.4) is 0 Å². The van der Waals surface area contributed by atoms with Crippen LogP contribution >= 0.6 is 0 Å². The topological polar surface area (TPSA) is 89.1 Å². The first-order chi connectivity index (χ1) is 14.4. The predicted octanol–water partition coefficient (Wildman–Crippen LogP) is 1.81. The third-order valence-corrected chi connectivity index (χ3v) is 5.32. The minimum atomic E-state index is -0.0429. The molecule has 168 valence electrons. The molecule has 1 unspecified atom stereocenters. The number of amides is 2. The van der Waals surface area contributed by atoms with Crippen molar-refractivity contribution in [3.8, 4) is 17.2 Å². The van der Waals surface area contributed by atoms with E-state index in [0.717, 1.165) is 31.5 Å². The molecule has 1 atom stereocenters. The van der Waals surface area contributed by atoms with E-state index in [0.29, 0.717) is 42.8 Å². The molecular weight excluding hydrogens is 386 g/mol. The van der Waals surface area contributed by atoms with Crippen molar-refractivity contribution in [1.82, 2.24) is 15.5 Å². The van der Waals surface area contributed by atoms with Gasteiger partial charge in [-0.2, -0.15) is 0 Å². The van der Waals surface area contributed by atoms with Crippen molar-refractivity contribution in [2.45, 2.75) is 33.2 Å². The lowest BCUT2D eigenvalue weighted by Gasteiger charge is -2.32. The molecule has 2 N–H and O–H groups in total. The third-order valence-electron chi connectivity index (χ3n) is 5.32. The first kappa shape index (κ1) is 23.8. The minimum Gasteiger partial charge on any atom is -0.496 e. The SMILES string of the molecule is COc1cc(OC)c(OC)cc1CNC(=O)CN1CCCC(CNC(=O)C(C)C)C1. The molecule has 0 spiro atoms. The van der Waals surface area contributed by atoms with E-state index in [1.165, 1.54) is 0 Å². The highest BCUT2D eigenvalue weighted by Gasteiger charge is 2.22. The van der Waals surface area contributed by atoms with E-state index in [-0.39, 0.29) is 17.7 Å². The van der Waals surface area contributed by atoms with Gasteiger partial charge in [-0.1, -0.05) is 13.8 Å². The fourth-order valence-electron chi connectivity index (χ4n) is 3.59. The molecule has 2 rings (SSSR count). The van der Waals surface area contributed by atoms with E-state index in [4.69, 9.17) is 14.2 Å². The summed E-state index contributed by atoms with van der Waals surface area (Å²) in [5.41, 5.74) is 0.816. The van der Waals surface area contributed by atoms with E-state index in [1.807, 2.05) is 19.9 Å². The van der Waals surface area contributed by atoms with E-state index in [2.05, 4.69) is 15.5 Å². The zero-order valence-corrected chi connectivity index (χ0v) is 18.7.